The van der Waals surface area contributed by atoms with Crippen molar-refractivity contribution in [2.75, 3.05) is 23.3 Å². The predicted molar refractivity (Wildman–Crippen MR) is 115 cm³/mol. The van der Waals surface area contributed by atoms with Gasteiger partial charge >= 0.3 is 0 Å². The van der Waals surface area contributed by atoms with Gasteiger partial charge in [-0.05, 0) is 55.3 Å². The lowest BCUT2D eigenvalue weighted by Gasteiger charge is -2.20. The summed E-state index contributed by atoms with van der Waals surface area (Å²) in [6.45, 7) is 2.10. The molecule has 0 unspecified atom stereocenters. The topological polar surface area (TPSA) is 71.3 Å². The fourth-order valence-corrected chi connectivity index (χ4v) is 3.40. The molecule has 0 spiro atoms. The van der Waals surface area contributed by atoms with Crippen LogP contribution in [0.1, 0.15) is 31.4 Å². The van der Waals surface area contributed by atoms with Gasteiger partial charge in [0, 0.05) is 30.4 Å². The van der Waals surface area contributed by atoms with Gasteiger partial charge in [-0.15, -0.1) is 10.2 Å². The van der Waals surface area contributed by atoms with Crippen molar-refractivity contribution in [2.45, 2.75) is 25.7 Å². The van der Waals surface area contributed by atoms with E-state index in [1.54, 1.807) is 24.5 Å². The highest BCUT2D eigenvalue weighted by molar-refractivity contribution is 6.01. The monoisotopic (exact) mass is 388 g/mol. The molecule has 1 aliphatic rings. The smallest absolute Gasteiger partial charge is 0.248 e. The quantitative estimate of drug-likeness (QED) is 0.638. The van der Waals surface area contributed by atoms with E-state index in [9.17, 15) is 4.79 Å². The second-order valence-corrected chi connectivity index (χ2v) is 7.09. The Balaban J connectivity index is 1.37. The molecule has 6 heteroatoms. The standard InChI is InChI=1S/C23H24N4O2/c28-23(14-11-20-6-5-17-29-20)24-19-9-7-18(8-10-19)21-12-13-22(26-25-21)27-15-3-1-2-4-16-27/h5-14,17H,1-4,15-16H2,(H,24,28)/b14-11+. The Morgan fingerprint density at radius 2 is 1.76 bits per heavy atom. The van der Waals surface area contributed by atoms with E-state index < -0.39 is 0 Å². The summed E-state index contributed by atoms with van der Waals surface area (Å²) in [5.74, 6) is 1.37. The van der Waals surface area contributed by atoms with Crippen LogP contribution < -0.4 is 10.2 Å². The van der Waals surface area contributed by atoms with E-state index in [2.05, 4.69) is 20.4 Å². The van der Waals surface area contributed by atoms with E-state index in [0.717, 1.165) is 35.9 Å². The molecule has 4 rings (SSSR count). The first kappa shape index (κ1) is 18.9. The lowest BCUT2D eigenvalue weighted by Crippen LogP contribution is -2.25. The SMILES string of the molecule is O=C(/C=C/c1ccco1)Nc1ccc(-c2ccc(N3CCCCCC3)nn2)cc1. The summed E-state index contributed by atoms with van der Waals surface area (Å²) in [5, 5.41) is 11.7. The van der Waals surface area contributed by atoms with Gasteiger partial charge in [0.2, 0.25) is 5.91 Å². The molecule has 0 radical (unpaired) electrons. The van der Waals surface area contributed by atoms with Crippen LogP contribution in [0.5, 0.6) is 0 Å². The van der Waals surface area contributed by atoms with Gasteiger partial charge in [0.05, 0.1) is 12.0 Å². The van der Waals surface area contributed by atoms with E-state index in [-0.39, 0.29) is 5.91 Å². The molecule has 6 nitrogen and oxygen atoms in total. The van der Waals surface area contributed by atoms with E-state index in [1.165, 1.54) is 31.8 Å². The first-order valence-corrected chi connectivity index (χ1v) is 10.00. The van der Waals surface area contributed by atoms with Crippen molar-refractivity contribution in [3.8, 4) is 11.3 Å². The van der Waals surface area contributed by atoms with Gasteiger partial charge in [0.15, 0.2) is 5.82 Å². The highest BCUT2D eigenvalue weighted by Gasteiger charge is 2.12. The molecule has 0 aliphatic carbocycles. The Bertz CT molecular complexity index is 940. The van der Waals surface area contributed by atoms with Crippen LogP contribution >= 0.6 is 0 Å². The number of carbonyl (C=O) groups excluding carboxylic acids is 1. The van der Waals surface area contributed by atoms with Crippen molar-refractivity contribution >= 4 is 23.5 Å². The molecule has 1 aromatic carbocycles. The summed E-state index contributed by atoms with van der Waals surface area (Å²) in [4.78, 5) is 14.3. The largest absolute Gasteiger partial charge is 0.465 e. The third-order valence-corrected chi connectivity index (χ3v) is 4.97. The summed E-state index contributed by atoms with van der Waals surface area (Å²) in [7, 11) is 0. The van der Waals surface area contributed by atoms with Crippen molar-refractivity contribution in [3.63, 3.8) is 0 Å². The Morgan fingerprint density at radius 3 is 2.41 bits per heavy atom. The fourth-order valence-electron chi connectivity index (χ4n) is 3.40. The van der Waals surface area contributed by atoms with Gasteiger partial charge in [-0.3, -0.25) is 4.79 Å². The second-order valence-electron chi connectivity index (χ2n) is 7.09. The van der Waals surface area contributed by atoms with Crippen LogP contribution in [0, 0.1) is 0 Å². The third-order valence-electron chi connectivity index (χ3n) is 4.97. The molecule has 3 heterocycles. The zero-order valence-corrected chi connectivity index (χ0v) is 16.3. The summed E-state index contributed by atoms with van der Waals surface area (Å²) in [6.07, 6.45) is 9.66. The predicted octanol–water partition coefficient (Wildman–Crippen LogP) is 4.77. The summed E-state index contributed by atoms with van der Waals surface area (Å²) >= 11 is 0. The molecule has 3 aromatic rings. The van der Waals surface area contributed by atoms with Gasteiger partial charge in [-0.1, -0.05) is 25.0 Å². The van der Waals surface area contributed by atoms with Gasteiger partial charge in [-0.2, -0.15) is 0 Å². The lowest BCUT2D eigenvalue weighted by molar-refractivity contribution is -0.111. The molecule has 2 aromatic heterocycles. The molecule has 0 saturated carbocycles. The van der Waals surface area contributed by atoms with Gasteiger partial charge in [0.25, 0.3) is 0 Å². The number of hydrogen-bond acceptors (Lipinski definition) is 5. The number of furan rings is 1. The minimum atomic E-state index is -0.212. The summed E-state index contributed by atoms with van der Waals surface area (Å²) < 4.78 is 5.17. The number of rotatable bonds is 5. The number of aromatic nitrogens is 2. The van der Waals surface area contributed by atoms with E-state index in [0.29, 0.717) is 5.76 Å². The molecule has 1 fully saturated rings. The zero-order valence-electron chi connectivity index (χ0n) is 16.3. The molecule has 1 aliphatic heterocycles. The number of benzene rings is 1. The molecule has 1 saturated heterocycles. The molecule has 0 bridgehead atoms. The van der Waals surface area contributed by atoms with Crippen molar-refractivity contribution in [1.82, 2.24) is 10.2 Å². The average Bonchev–Trinajstić information content (AvgIpc) is 3.13. The Labute approximate surface area is 170 Å². The van der Waals surface area contributed by atoms with Crippen LogP contribution in [-0.2, 0) is 4.79 Å². The number of hydrogen-bond donors (Lipinski definition) is 1. The van der Waals surface area contributed by atoms with E-state index >= 15 is 0 Å². The van der Waals surface area contributed by atoms with Crippen LogP contribution in [0.2, 0.25) is 0 Å². The molecule has 1 amide bonds. The maximum Gasteiger partial charge on any atom is 0.248 e. The molecule has 29 heavy (non-hydrogen) atoms. The normalized spacial score (nSPS) is 14.7. The van der Waals surface area contributed by atoms with E-state index in [1.807, 2.05) is 36.4 Å². The zero-order chi connectivity index (χ0) is 19.9. The van der Waals surface area contributed by atoms with Crippen molar-refractivity contribution in [3.05, 3.63) is 66.6 Å². The van der Waals surface area contributed by atoms with Crippen LogP contribution in [0.15, 0.2) is 65.3 Å². The van der Waals surface area contributed by atoms with Crippen molar-refractivity contribution in [2.24, 2.45) is 0 Å². The van der Waals surface area contributed by atoms with E-state index in [4.69, 9.17) is 4.42 Å². The van der Waals surface area contributed by atoms with Gasteiger partial charge < -0.3 is 14.6 Å². The highest BCUT2D eigenvalue weighted by atomic mass is 16.3. The molecular formula is C23H24N4O2. The van der Waals surface area contributed by atoms with Gasteiger partial charge in [0.1, 0.15) is 5.76 Å². The molecule has 148 valence electrons. The van der Waals surface area contributed by atoms with Crippen LogP contribution in [0.25, 0.3) is 17.3 Å². The van der Waals surface area contributed by atoms with Gasteiger partial charge in [-0.25, -0.2) is 0 Å². The summed E-state index contributed by atoms with van der Waals surface area (Å²) in [6, 6.07) is 15.2. The first-order chi connectivity index (χ1) is 14.3. The average molecular weight is 388 g/mol. The minimum Gasteiger partial charge on any atom is -0.465 e. The van der Waals surface area contributed by atoms with Crippen LogP contribution in [0.4, 0.5) is 11.5 Å². The Morgan fingerprint density at radius 1 is 0.966 bits per heavy atom. The van der Waals surface area contributed by atoms with Crippen molar-refractivity contribution in [1.29, 1.82) is 0 Å². The number of carbonyl (C=O) groups is 1. The van der Waals surface area contributed by atoms with Crippen LogP contribution in [0.3, 0.4) is 0 Å². The lowest BCUT2D eigenvalue weighted by atomic mass is 10.1. The Hall–Kier alpha value is -3.41. The highest BCUT2D eigenvalue weighted by Crippen LogP contribution is 2.22. The number of anilines is 2. The van der Waals surface area contributed by atoms with Crippen molar-refractivity contribution < 1.29 is 9.21 Å². The number of nitrogens with zero attached hydrogens (tertiary/aromatic N) is 3. The second kappa shape index (κ2) is 9.19. The maximum absolute atomic E-state index is 12.0. The minimum absolute atomic E-state index is 0.212. The molecule has 0 atom stereocenters. The number of nitrogens with one attached hydrogen (secondary N) is 1. The third kappa shape index (κ3) is 5.10. The number of amides is 1. The van der Waals surface area contributed by atoms with Crippen LogP contribution in [-0.4, -0.2) is 29.2 Å². The molecular weight excluding hydrogens is 364 g/mol. The first-order valence-electron chi connectivity index (χ1n) is 10.00. The maximum atomic E-state index is 12.0. The summed E-state index contributed by atoms with van der Waals surface area (Å²) in [5.41, 5.74) is 2.50. The fraction of sp³-hybridized carbons (Fsp3) is 0.261. The Kier molecular flexibility index (Phi) is 6.00. The molecule has 1 N–H and O–H groups in total.